The van der Waals surface area contributed by atoms with Crippen molar-refractivity contribution >= 4 is 28.0 Å². The second kappa shape index (κ2) is 4.93. The molecule has 0 aliphatic carbocycles. The fraction of sp³-hybridized carbons (Fsp3) is 0.333. The monoisotopic (exact) mass is 300 g/mol. The van der Waals surface area contributed by atoms with Gasteiger partial charge < -0.3 is 10.6 Å². The zero-order valence-electron chi connectivity index (χ0n) is 10.3. The number of nitrogens with zero attached hydrogens (tertiary/aromatic N) is 2. The van der Waals surface area contributed by atoms with Crippen LogP contribution < -0.4 is 10.6 Å². The lowest BCUT2D eigenvalue weighted by atomic mass is 10.0. The Labute approximate surface area is 117 Å². The van der Waals surface area contributed by atoms with E-state index in [1.165, 1.54) is 0 Å². The van der Waals surface area contributed by atoms with E-state index in [-0.39, 0.29) is 5.13 Å². The lowest BCUT2D eigenvalue weighted by Crippen LogP contribution is -2.11. The van der Waals surface area contributed by atoms with Gasteiger partial charge in [0.2, 0.25) is 11.0 Å². The molecule has 0 fully saturated rings. The molecule has 0 saturated carbocycles. The molecule has 0 bridgehead atoms. The molecule has 106 valence electrons. The lowest BCUT2D eigenvalue weighted by molar-refractivity contribution is -0.144. The van der Waals surface area contributed by atoms with Crippen LogP contribution in [-0.2, 0) is 12.6 Å². The summed E-state index contributed by atoms with van der Waals surface area (Å²) in [5, 5.41) is 6.28. The fourth-order valence-corrected chi connectivity index (χ4v) is 2.67. The van der Waals surface area contributed by atoms with Crippen LogP contribution in [-0.4, -0.2) is 15.9 Å². The maximum Gasteiger partial charge on any atom is 0.452 e. The zero-order valence-corrected chi connectivity index (χ0v) is 11.1. The van der Waals surface area contributed by atoms with E-state index in [4.69, 9.17) is 0 Å². The first-order valence-electron chi connectivity index (χ1n) is 6.07. The predicted octanol–water partition coefficient (Wildman–Crippen LogP) is 3.66. The fourth-order valence-electron chi connectivity index (χ4n) is 2.07. The topological polar surface area (TPSA) is 49.8 Å². The van der Waals surface area contributed by atoms with Crippen LogP contribution in [0.2, 0.25) is 0 Å². The first-order chi connectivity index (χ1) is 9.52. The highest BCUT2D eigenvalue weighted by Crippen LogP contribution is 2.31. The summed E-state index contributed by atoms with van der Waals surface area (Å²) in [4.78, 5) is 3.44. The molecule has 0 spiro atoms. The number of rotatable bonds is 2. The van der Waals surface area contributed by atoms with Gasteiger partial charge in [-0.1, -0.05) is 0 Å². The number of aryl methyl sites for hydroxylation is 1. The summed E-state index contributed by atoms with van der Waals surface area (Å²) in [6, 6.07) is 5.66. The highest BCUT2D eigenvalue weighted by Gasteiger charge is 2.36. The number of hydrogen-bond donors (Lipinski definition) is 2. The van der Waals surface area contributed by atoms with Crippen molar-refractivity contribution in [3.63, 3.8) is 0 Å². The molecule has 0 amide bonds. The van der Waals surface area contributed by atoms with Crippen LogP contribution >= 0.6 is 11.5 Å². The molecule has 3 rings (SSSR count). The van der Waals surface area contributed by atoms with Gasteiger partial charge >= 0.3 is 6.18 Å². The van der Waals surface area contributed by atoms with Gasteiger partial charge in [-0.05, 0) is 36.6 Å². The Morgan fingerprint density at radius 1 is 1.30 bits per heavy atom. The minimum Gasteiger partial charge on any atom is -0.385 e. The number of halogens is 3. The molecule has 2 heterocycles. The Bertz CT molecular complexity index is 623. The number of nitrogens with one attached hydrogen (secondary N) is 2. The smallest absolute Gasteiger partial charge is 0.385 e. The van der Waals surface area contributed by atoms with Crippen molar-refractivity contribution in [2.45, 2.75) is 19.0 Å². The number of alkyl halides is 3. The lowest BCUT2D eigenvalue weighted by Gasteiger charge is -2.18. The summed E-state index contributed by atoms with van der Waals surface area (Å²) in [5.74, 6) is -1.11. The predicted molar refractivity (Wildman–Crippen MR) is 71.4 cm³/mol. The Balaban J connectivity index is 1.79. The van der Waals surface area contributed by atoms with Crippen LogP contribution in [0.4, 0.5) is 29.7 Å². The summed E-state index contributed by atoms with van der Waals surface area (Å²) < 4.78 is 40.5. The minimum absolute atomic E-state index is 0.140. The van der Waals surface area contributed by atoms with Gasteiger partial charge in [0, 0.05) is 29.5 Å². The van der Waals surface area contributed by atoms with E-state index in [2.05, 4.69) is 20.0 Å². The van der Waals surface area contributed by atoms with Crippen molar-refractivity contribution in [1.82, 2.24) is 9.36 Å². The van der Waals surface area contributed by atoms with Crippen LogP contribution in [0.5, 0.6) is 0 Å². The van der Waals surface area contributed by atoms with Gasteiger partial charge in [0.05, 0.1) is 0 Å². The quantitative estimate of drug-likeness (QED) is 0.888. The van der Waals surface area contributed by atoms with Gasteiger partial charge in [-0.15, -0.1) is 0 Å². The third-order valence-electron chi connectivity index (χ3n) is 2.97. The van der Waals surface area contributed by atoms with Gasteiger partial charge in [0.1, 0.15) is 0 Å². The number of hydrogen-bond acceptors (Lipinski definition) is 5. The molecule has 20 heavy (non-hydrogen) atoms. The van der Waals surface area contributed by atoms with Crippen molar-refractivity contribution < 1.29 is 13.2 Å². The molecular weight excluding hydrogens is 289 g/mol. The largest absolute Gasteiger partial charge is 0.452 e. The molecule has 2 N–H and O–H groups in total. The average Bonchev–Trinajstić information content (AvgIpc) is 2.87. The Kier molecular flexibility index (Phi) is 3.25. The molecule has 0 radical (unpaired) electrons. The van der Waals surface area contributed by atoms with Crippen LogP contribution in [0.15, 0.2) is 18.2 Å². The Morgan fingerprint density at radius 2 is 2.15 bits per heavy atom. The molecule has 1 aliphatic rings. The van der Waals surface area contributed by atoms with Crippen molar-refractivity contribution in [2.75, 3.05) is 17.2 Å². The highest BCUT2D eigenvalue weighted by molar-refractivity contribution is 7.09. The number of benzene rings is 1. The summed E-state index contributed by atoms with van der Waals surface area (Å²) in [6.45, 7) is 0.950. The van der Waals surface area contributed by atoms with E-state index in [9.17, 15) is 13.2 Å². The molecule has 0 saturated heterocycles. The Hall–Kier alpha value is -1.83. The molecule has 8 heteroatoms. The molecule has 0 atom stereocenters. The van der Waals surface area contributed by atoms with Gasteiger partial charge in [0.25, 0.3) is 0 Å². The maximum atomic E-state index is 12.4. The van der Waals surface area contributed by atoms with E-state index >= 15 is 0 Å². The first-order valence-corrected chi connectivity index (χ1v) is 6.84. The van der Waals surface area contributed by atoms with Crippen molar-refractivity contribution in [3.8, 4) is 0 Å². The van der Waals surface area contributed by atoms with Crippen LogP contribution in [0.3, 0.4) is 0 Å². The minimum atomic E-state index is -4.50. The SMILES string of the molecule is FC(F)(F)c1nsc(Nc2ccc3c(c2)CCCN3)n1. The number of anilines is 3. The summed E-state index contributed by atoms with van der Waals surface area (Å²) in [5.41, 5.74) is 2.95. The molecule has 1 aromatic carbocycles. The molecule has 0 unspecified atom stereocenters. The maximum absolute atomic E-state index is 12.4. The van der Waals surface area contributed by atoms with E-state index in [1.807, 2.05) is 18.2 Å². The van der Waals surface area contributed by atoms with E-state index in [1.54, 1.807) is 0 Å². The zero-order chi connectivity index (χ0) is 14.2. The van der Waals surface area contributed by atoms with Gasteiger partial charge in [-0.2, -0.15) is 22.5 Å². The average molecular weight is 300 g/mol. The van der Waals surface area contributed by atoms with E-state index in [0.717, 1.165) is 36.3 Å². The standard InChI is InChI=1S/C12H11F3N4S/c13-12(14,15)10-18-11(20-19-10)17-8-3-4-9-7(6-8)2-1-5-16-9/h3-4,6,16H,1-2,5H2,(H,17,18,19). The summed E-state index contributed by atoms with van der Waals surface area (Å²) >= 11 is 0.701. The third kappa shape index (κ3) is 2.69. The summed E-state index contributed by atoms with van der Waals surface area (Å²) in [7, 11) is 0. The van der Waals surface area contributed by atoms with Crippen LogP contribution in [0.1, 0.15) is 17.8 Å². The first kappa shape index (κ1) is 13.2. The van der Waals surface area contributed by atoms with Crippen LogP contribution in [0.25, 0.3) is 0 Å². The van der Waals surface area contributed by atoms with E-state index in [0.29, 0.717) is 11.5 Å². The van der Waals surface area contributed by atoms with Gasteiger partial charge in [-0.25, -0.2) is 0 Å². The molecule has 1 aromatic heterocycles. The van der Waals surface area contributed by atoms with Gasteiger partial charge in [0.15, 0.2) is 0 Å². The molecule has 2 aromatic rings. The second-order valence-electron chi connectivity index (χ2n) is 4.45. The molecule has 1 aliphatic heterocycles. The molecule has 4 nitrogen and oxygen atoms in total. The van der Waals surface area contributed by atoms with Crippen molar-refractivity contribution in [2.24, 2.45) is 0 Å². The third-order valence-corrected chi connectivity index (χ3v) is 3.60. The summed E-state index contributed by atoms with van der Waals surface area (Å²) in [6.07, 6.45) is -2.49. The van der Waals surface area contributed by atoms with Crippen molar-refractivity contribution in [1.29, 1.82) is 0 Å². The van der Waals surface area contributed by atoms with Gasteiger partial charge in [-0.3, -0.25) is 0 Å². The molecular formula is C12H11F3N4S. The van der Waals surface area contributed by atoms with E-state index < -0.39 is 12.0 Å². The number of fused-ring (bicyclic) bond motifs is 1. The van der Waals surface area contributed by atoms with Crippen molar-refractivity contribution in [3.05, 3.63) is 29.6 Å². The van der Waals surface area contributed by atoms with Crippen LogP contribution in [0, 0.1) is 0 Å². The second-order valence-corrected chi connectivity index (χ2v) is 5.20. The normalized spacial score (nSPS) is 14.6. The highest BCUT2D eigenvalue weighted by atomic mass is 32.1. The Morgan fingerprint density at radius 3 is 2.90 bits per heavy atom. The number of aromatic nitrogens is 2.